The molecule has 11 heteroatoms. The quantitative estimate of drug-likeness (QED) is 0.396. The summed E-state index contributed by atoms with van der Waals surface area (Å²) in [6, 6.07) is 11.0. The van der Waals surface area contributed by atoms with Gasteiger partial charge in [0.1, 0.15) is 5.52 Å². The van der Waals surface area contributed by atoms with E-state index in [2.05, 4.69) is 30.1 Å². The first kappa shape index (κ1) is 19.1. The van der Waals surface area contributed by atoms with Gasteiger partial charge in [0.15, 0.2) is 25.3 Å². The molecule has 31 heavy (non-hydrogen) atoms. The molecule has 1 unspecified atom stereocenters. The number of amides is 1. The summed E-state index contributed by atoms with van der Waals surface area (Å²) in [6.07, 6.45) is 0.256. The van der Waals surface area contributed by atoms with Crippen molar-refractivity contribution in [1.29, 1.82) is 0 Å². The predicted molar refractivity (Wildman–Crippen MR) is 114 cm³/mol. The fourth-order valence-corrected chi connectivity index (χ4v) is 3.68. The lowest BCUT2D eigenvalue weighted by Crippen LogP contribution is -2.37. The lowest BCUT2D eigenvalue weighted by molar-refractivity contribution is -0.143. The maximum absolute atomic E-state index is 12.3. The first-order valence-electron chi connectivity index (χ1n) is 9.56. The van der Waals surface area contributed by atoms with Crippen molar-refractivity contribution in [2.75, 3.05) is 19.3 Å². The number of H-pyrrole nitrogens is 1. The molecule has 1 atom stereocenters. The van der Waals surface area contributed by atoms with E-state index in [4.69, 9.17) is 13.6 Å². The summed E-state index contributed by atoms with van der Waals surface area (Å²) in [6.45, 7) is 0.451. The molecule has 4 heterocycles. The normalized spacial score (nSPS) is 18.8. The third-order valence-electron chi connectivity index (χ3n) is 5.39. The van der Waals surface area contributed by atoms with E-state index in [1.165, 1.54) is 4.90 Å². The van der Waals surface area contributed by atoms with E-state index in [9.17, 15) is 9.90 Å². The Balaban J connectivity index is 1.51. The number of aliphatic hydroxyl groups is 1. The fourth-order valence-electron chi connectivity index (χ4n) is 3.68. The smallest absolute Gasteiger partial charge is 0.262 e. The molecule has 2 radical (unpaired) electrons. The number of hydrogen-bond donors (Lipinski definition) is 3. The number of pyridine rings is 1. The lowest BCUT2D eigenvalue weighted by atomic mass is 10.0. The van der Waals surface area contributed by atoms with E-state index in [0.29, 0.717) is 34.7 Å². The summed E-state index contributed by atoms with van der Waals surface area (Å²) in [5.74, 6) is 0.306. The van der Waals surface area contributed by atoms with Gasteiger partial charge < -0.3 is 15.7 Å². The second-order valence-electron chi connectivity index (χ2n) is 7.46. The highest BCUT2D eigenvalue weighted by Gasteiger charge is 2.48. The number of carbonyl (C=O) groups is 1. The second kappa shape index (κ2) is 6.84. The van der Waals surface area contributed by atoms with Gasteiger partial charge in [-0.2, -0.15) is 5.10 Å². The maximum Gasteiger partial charge on any atom is 0.262 e. The molecule has 10 nitrogen and oxygen atoms in total. The first-order valence-corrected chi connectivity index (χ1v) is 9.56. The standard InChI is InChI=1S/C20H17BN8O2/c1-29-8-7-20(31,18(29)30)17-26-16(27-28-17)11-4-2-3-10(9-11)12-5-6-13-14(23-12)15(22)25-19(21)24-13/h2-6,9,31H,7-8H2,1H3,(H2,22,24,25)(H,26,27,28). The number of rotatable bonds is 3. The molecule has 0 spiro atoms. The Labute approximate surface area is 178 Å². The van der Waals surface area contributed by atoms with Crippen LogP contribution in [0.5, 0.6) is 0 Å². The van der Waals surface area contributed by atoms with E-state index in [-0.39, 0.29) is 23.8 Å². The van der Waals surface area contributed by atoms with E-state index in [0.717, 1.165) is 5.56 Å². The molecule has 1 aliphatic rings. The summed E-state index contributed by atoms with van der Waals surface area (Å²) in [5, 5.41) is 17.7. The Hall–Kier alpha value is -3.86. The van der Waals surface area contributed by atoms with Gasteiger partial charge in [0.05, 0.1) is 16.9 Å². The summed E-state index contributed by atoms with van der Waals surface area (Å²) in [7, 11) is 7.29. The van der Waals surface area contributed by atoms with Gasteiger partial charge in [0.25, 0.3) is 5.91 Å². The van der Waals surface area contributed by atoms with Crippen LogP contribution in [0.4, 0.5) is 5.82 Å². The zero-order chi connectivity index (χ0) is 21.8. The molecule has 0 bridgehead atoms. The van der Waals surface area contributed by atoms with E-state index in [1.54, 1.807) is 13.1 Å². The Morgan fingerprint density at radius 2 is 1.97 bits per heavy atom. The van der Waals surface area contributed by atoms with Gasteiger partial charge in [-0.3, -0.25) is 9.89 Å². The molecule has 152 valence electrons. The minimum atomic E-state index is -1.68. The summed E-state index contributed by atoms with van der Waals surface area (Å²) < 4.78 is 0. The number of nitrogens with two attached hydrogens (primary N) is 1. The maximum atomic E-state index is 12.3. The van der Waals surface area contributed by atoms with Crippen molar-refractivity contribution >= 4 is 36.3 Å². The van der Waals surface area contributed by atoms with Gasteiger partial charge in [-0.1, -0.05) is 18.2 Å². The second-order valence-corrected chi connectivity index (χ2v) is 7.46. The molecule has 0 saturated carbocycles. The zero-order valence-corrected chi connectivity index (χ0v) is 16.6. The van der Waals surface area contributed by atoms with E-state index in [1.807, 2.05) is 30.3 Å². The summed E-state index contributed by atoms with van der Waals surface area (Å²) in [5.41, 5.74) is 7.54. The molecule has 0 aliphatic carbocycles. The monoisotopic (exact) mass is 412 g/mol. The van der Waals surface area contributed by atoms with Crippen molar-refractivity contribution in [3.63, 3.8) is 0 Å². The van der Waals surface area contributed by atoms with Crippen molar-refractivity contribution in [2.24, 2.45) is 0 Å². The van der Waals surface area contributed by atoms with Crippen LogP contribution in [-0.4, -0.2) is 67.5 Å². The molecular formula is C20H17BN8O2. The SMILES string of the molecule is [B]c1nc(N)c2nc(-c3cccc(-c4n[nH]c(C5(O)CCN(C)C5=O)n4)c3)ccc2n1. The van der Waals surface area contributed by atoms with Crippen LogP contribution in [-0.2, 0) is 10.4 Å². The van der Waals surface area contributed by atoms with Crippen LogP contribution in [0.3, 0.4) is 0 Å². The van der Waals surface area contributed by atoms with Crippen molar-refractivity contribution in [1.82, 2.24) is 35.0 Å². The number of carbonyl (C=O) groups excluding carboxylic acids is 1. The van der Waals surface area contributed by atoms with Crippen LogP contribution in [0.15, 0.2) is 36.4 Å². The number of nitrogens with zero attached hydrogens (tertiary/aromatic N) is 6. The number of aromatic nitrogens is 6. The lowest BCUT2D eigenvalue weighted by Gasteiger charge is -2.17. The number of nitrogens with one attached hydrogen (secondary N) is 1. The number of likely N-dealkylation sites (N-methyl/N-ethyl adjacent to an activating group) is 1. The van der Waals surface area contributed by atoms with Crippen molar-refractivity contribution in [3.8, 4) is 22.6 Å². The number of fused-ring (bicyclic) bond motifs is 1. The summed E-state index contributed by atoms with van der Waals surface area (Å²) >= 11 is 0. The van der Waals surface area contributed by atoms with Crippen molar-refractivity contribution < 1.29 is 9.90 Å². The third kappa shape index (κ3) is 3.10. The number of anilines is 1. The van der Waals surface area contributed by atoms with Gasteiger partial charge in [0.2, 0.25) is 5.60 Å². The first-order chi connectivity index (χ1) is 14.8. The summed E-state index contributed by atoms with van der Waals surface area (Å²) in [4.78, 5) is 30.9. The molecule has 1 amide bonds. The van der Waals surface area contributed by atoms with Crippen molar-refractivity contribution in [2.45, 2.75) is 12.0 Å². The zero-order valence-electron chi connectivity index (χ0n) is 16.6. The molecule has 3 aromatic heterocycles. The molecule has 1 fully saturated rings. The largest absolute Gasteiger partial charge is 0.382 e. The minimum absolute atomic E-state index is 0.0931. The van der Waals surface area contributed by atoms with Crippen LogP contribution in [0, 0.1) is 0 Å². The predicted octanol–water partition coefficient (Wildman–Crippen LogP) is -0.0974. The Bertz CT molecular complexity index is 1340. The van der Waals surface area contributed by atoms with Crippen molar-refractivity contribution in [3.05, 3.63) is 42.2 Å². The fraction of sp³-hybridized carbons (Fsp3) is 0.200. The van der Waals surface area contributed by atoms with Crippen LogP contribution in [0.1, 0.15) is 12.2 Å². The number of benzene rings is 1. The average molecular weight is 412 g/mol. The molecule has 1 aliphatic heterocycles. The Morgan fingerprint density at radius 1 is 1.16 bits per heavy atom. The highest BCUT2D eigenvalue weighted by molar-refractivity contribution is 6.29. The van der Waals surface area contributed by atoms with Crippen LogP contribution >= 0.6 is 0 Å². The molecule has 4 N–H and O–H groups in total. The molecule has 5 rings (SSSR count). The number of nitrogen functional groups attached to an aromatic ring is 1. The Morgan fingerprint density at radius 3 is 2.74 bits per heavy atom. The van der Waals surface area contributed by atoms with Crippen LogP contribution in [0.2, 0.25) is 0 Å². The van der Waals surface area contributed by atoms with E-state index >= 15 is 0 Å². The molecule has 1 saturated heterocycles. The topological polar surface area (TPSA) is 147 Å². The molecular weight excluding hydrogens is 395 g/mol. The Kier molecular flexibility index (Phi) is 4.22. The molecule has 1 aromatic carbocycles. The van der Waals surface area contributed by atoms with Crippen LogP contribution < -0.4 is 11.5 Å². The van der Waals surface area contributed by atoms with Gasteiger partial charge in [-0.25, -0.2) is 19.9 Å². The molecule has 4 aromatic rings. The van der Waals surface area contributed by atoms with Gasteiger partial charge in [-0.05, 0) is 18.2 Å². The number of aromatic amines is 1. The van der Waals surface area contributed by atoms with Crippen LogP contribution in [0.25, 0.3) is 33.7 Å². The van der Waals surface area contributed by atoms with Gasteiger partial charge in [0, 0.05) is 31.1 Å². The highest BCUT2D eigenvalue weighted by atomic mass is 16.3. The average Bonchev–Trinajstić information content (AvgIpc) is 3.36. The number of hydrogen-bond acceptors (Lipinski definition) is 8. The van der Waals surface area contributed by atoms with E-state index < -0.39 is 11.5 Å². The van der Waals surface area contributed by atoms with Gasteiger partial charge in [-0.15, -0.1) is 0 Å². The van der Waals surface area contributed by atoms with Gasteiger partial charge >= 0.3 is 0 Å². The minimum Gasteiger partial charge on any atom is -0.382 e. The highest BCUT2D eigenvalue weighted by Crippen LogP contribution is 2.32. The third-order valence-corrected chi connectivity index (χ3v) is 5.39. The number of likely N-dealkylation sites (tertiary alicyclic amines) is 1.